The van der Waals surface area contributed by atoms with Crippen LogP contribution in [0.25, 0.3) is 0 Å². The van der Waals surface area contributed by atoms with Gasteiger partial charge in [0.15, 0.2) is 11.7 Å². The summed E-state index contributed by atoms with van der Waals surface area (Å²) >= 11 is 0. The van der Waals surface area contributed by atoms with Gasteiger partial charge in [-0.05, 0) is 31.4 Å². The fourth-order valence-electron chi connectivity index (χ4n) is 3.62. The topological polar surface area (TPSA) is 87.8 Å². The molecule has 30 heavy (non-hydrogen) atoms. The molecule has 1 saturated heterocycles. The van der Waals surface area contributed by atoms with Crippen molar-refractivity contribution >= 4 is 11.8 Å². The summed E-state index contributed by atoms with van der Waals surface area (Å²) in [4.78, 5) is 11.2. The fraction of sp³-hybridized carbons (Fsp3) is 0.591. The molecule has 0 bridgehead atoms. The number of hydrogen-bond acceptors (Lipinski definition) is 6. The summed E-state index contributed by atoms with van der Waals surface area (Å²) in [6.45, 7) is 10.1. The lowest BCUT2D eigenvalue weighted by molar-refractivity contribution is 0.0529. The molecule has 1 unspecified atom stereocenters. The predicted octanol–water partition coefficient (Wildman–Crippen LogP) is 3.06. The highest BCUT2D eigenvalue weighted by Crippen LogP contribution is 2.22. The normalized spacial score (nSPS) is 17.4. The van der Waals surface area contributed by atoms with Crippen molar-refractivity contribution in [1.29, 1.82) is 0 Å². The molecular formula is C22H34N6O2. The summed E-state index contributed by atoms with van der Waals surface area (Å²) in [5, 5.41) is 10.8. The zero-order valence-corrected chi connectivity index (χ0v) is 18.5. The summed E-state index contributed by atoms with van der Waals surface area (Å²) in [6, 6.07) is 6.20. The lowest BCUT2D eigenvalue weighted by atomic mass is 9.99. The average Bonchev–Trinajstić information content (AvgIpc) is 3.24. The smallest absolute Gasteiger partial charge is 0.191 e. The molecule has 0 radical (unpaired) electrons. The van der Waals surface area contributed by atoms with Crippen LogP contribution in [0.4, 0.5) is 5.82 Å². The number of guanidine groups is 1. The van der Waals surface area contributed by atoms with Crippen molar-refractivity contribution in [1.82, 2.24) is 20.8 Å². The first kappa shape index (κ1) is 22.1. The molecule has 1 fully saturated rings. The molecule has 0 spiro atoms. The van der Waals surface area contributed by atoms with Crippen molar-refractivity contribution in [3.05, 3.63) is 41.4 Å². The standard InChI is InChI=1S/C22H34N6O2/c1-5-18(6-2)20-11-19(30-27-20)14-26-22(23-4)25-13-17-7-8-21(24-12-17)28-9-10-29-16(3)15-28/h7-8,11-12,16,18H,5-6,9-10,13-15H2,1-4H3,(H2,23,25,26). The van der Waals surface area contributed by atoms with Gasteiger partial charge in [0, 0.05) is 44.9 Å². The average molecular weight is 415 g/mol. The van der Waals surface area contributed by atoms with Gasteiger partial charge in [-0.3, -0.25) is 4.99 Å². The first-order valence-electron chi connectivity index (χ1n) is 10.8. The Hall–Kier alpha value is -2.61. The van der Waals surface area contributed by atoms with E-state index in [0.717, 1.165) is 55.4 Å². The Balaban J connectivity index is 1.47. The number of hydrogen-bond donors (Lipinski definition) is 2. The maximum absolute atomic E-state index is 5.60. The molecular weight excluding hydrogens is 380 g/mol. The van der Waals surface area contributed by atoms with Gasteiger partial charge in [0.25, 0.3) is 0 Å². The van der Waals surface area contributed by atoms with E-state index in [1.165, 1.54) is 0 Å². The molecule has 3 heterocycles. The first-order chi connectivity index (χ1) is 14.6. The summed E-state index contributed by atoms with van der Waals surface area (Å²) in [5.74, 6) is 2.97. The number of aliphatic imine (C=N–C) groups is 1. The van der Waals surface area contributed by atoms with Crippen LogP contribution in [0.5, 0.6) is 0 Å². The van der Waals surface area contributed by atoms with E-state index in [9.17, 15) is 0 Å². The third-order valence-electron chi connectivity index (χ3n) is 5.47. The fourth-order valence-corrected chi connectivity index (χ4v) is 3.62. The number of nitrogens with zero attached hydrogens (tertiary/aromatic N) is 4. The van der Waals surface area contributed by atoms with E-state index in [2.05, 4.69) is 63.6 Å². The molecule has 0 amide bonds. The van der Waals surface area contributed by atoms with Crippen LogP contribution in [0.15, 0.2) is 33.9 Å². The van der Waals surface area contributed by atoms with Crippen molar-refractivity contribution in [2.75, 3.05) is 31.6 Å². The quantitative estimate of drug-likeness (QED) is 0.507. The van der Waals surface area contributed by atoms with Crippen LogP contribution in [-0.2, 0) is 17.8 Å². The molecule has 3 rings (SSSR count). The van der Waals surface area contributed by atoms with Crippen LogP contribution >= 0.6 is 0 Å². The number of pyridine rings is 1. The van der Waals surface area contributed by atoms with Gasteiger partial charge in [-0.2, -0.15) is 0 Å². The highest BCUT2D eigenvalue weighted by molar-refractivity contribution is 5.79. The monoisotopic (exact) mass is 414 g/mol. The van der Waals surface area contributed by atoms with Gasteiger partial charge in [0.1, 0.15) is 5.82 Å². The molecule has 0 saturated carbocycles. The molecule has 1 aliphatic rings. The van der Waals surface area contributed by atoms with E-state index in [0.29, 0.717) is 25.0 Å². The minimum Gasteiger partial charge on any atom is -0.375 e. The van der Waals surface area contributed by atoms with Crippen LogP contribution < -0.4 is 15.5 Å². The van der Waals surface area contributed by atoms with E-state index < -0.39 is 0 Å². The van der Waals surface area contributed by atoms with Crippen molar-refractivity contribution < 1.29 is 9.26 Å². The van der Waals surface area contributed by atoms with Gasteiger partial charge in [-0.15, -0.1) is 0 Å². The second-order valence-electron chi connectivity index (χ2n) is 7.66. The number of anilines is 1. The third-order valence-corrected chi connectivity index (χ3v) is 5.47. The highest BCUT2D eigenvalue weighted by atomic mass is 16.5. The number of rotatable bonds is 8. The molecule has 164 valence electrons. The maximum Gasteiger partial charge on any atom is 0.191 e. The Morgan fingerprint density at radius 1 is 1.27 bits per heavy atom. The maximum atomic E-state index is 5.60. The Morgan fingerprint density at radius 2 is 2.07 bits per heavy atom. The summed E-state index contributed by atoms with van der Waals surface area (Å²) in [7, 11) is 1.76. The summed E-state index contributed by atoms with van der Waals surface area (Å²) in [6.07, 6.45) is 4.28. The number of aromatic nitrogens is 2. The van der Waals surface area contributed by atoms with E-state index >= 15 is 0 Å². The van der Waals surface area contributed by atoms with Crippen molar-refractivity contribution in [2.24, 2.45) is 4.99 Å². The minimum atomic E-state index is 0.242. The predicted molar refractivity (Wildman–Crippen MR) is 119 cm³/mol. The number of morpholine rings is 1. The van der Waals surface area contributed by atoms with Gasteiger partial charge in [0.05, 0.1) is 24.9 Å². The molecule has 1 aliphatic heterocycles. The van der Waals surface area contributed by atoms with Crippen LogP contribution in [0.1, 0.15) is 56.5 Å². The van der Waals surface area contributed by atoms with E-state index in [1.54, 1.807) is 7.05 Å². The third kappa shape index (κ3) is 5.95. The SMILES string of the molecule is CCC(CC)c1cc(CNC(=NC)NCc2ccc(N3CCOC(C)C3)nc2)on1. The molecule has 2 aromatic rings. The van der Waals surface area contributed by atoms with Gasteiger partial charge in [-0.25, -0.2) is 4.98 Å². The van der Waals surface area contributed by atoms with Crippen molar-refractivity contribution in [2.45, 2.75) is 58.7 Å². The lowest BCUT2D eigenvalue weighted by Crippen LogP contribution is -2.41. The van der Waals surface area contributed by atoms with Crippen LogP contribution in [0.3, 0.4) is 0 Å². The van der Waals surface area contributed by atoms with Crippen molar-refractivity contribution in [3.8, 4) is 0 Å². The largest absolute Gasteiger partial charge is 0.375 e. The van der Waals surface area contributed by atoms with Crippen LogP contribution in [0.2, 0.25) is 0 Å². The second kappa shape index (κ2) is 11.0. The Bertz CT molecular complexity index is 800. The Morgan fingerprint density at radius 3 is 2.73 bits per heavy atom. The zero-order chi connectivity index (χ0) is 21.3. The Labute approximate surface area is 179 Å². The molecule has 0 aliphatic carbocycles. The molecule has 8 nitrogen and oxygen atoms in total. The molecule has 2 aromatic heterocycles. The molecule has 8 heteroatoms. The van der Waals surface area contributed by atoms with Crippen molar-refractivity contribution in [3.63, 3.8) is 0 Å². The zero-order valence-electron chi connectivity index (χ0n) is 18.5. The number of nitrogens with one attached hydrogen (secondary N) is 2. The van der Waals surface area contributed by atoms with E-state index in [1.807, 2.05) is 12.3 Å². The lowest BCUT2D eigenvalue weighted by Gasteiger charge is -2.32. The second-order valence-corrected chi connectivity index (χ2v) is 7.66. The van der Waals surface area contributed by atoms with Crippen LogP contribution in [0, 0.1) is 0 Å². The van der Waals surface area contributed by atoms with E-state index in [-0.39, 0.29) is 6.10 Å². The van der Waals surface area contributed by atoms with Gasteiger partial charge in [0.2, 0.25) is 0 Å². The van der Waals surface area contributed by atoms with Gasteiger partial charge < -0.3 is 24.8 Å². The van der Waals surface area contributed by atoms with Gasteiger partial charge >= 0.3 is 0 Å². The first-order valence-corrected chi connectivity index (χ1v) is 10.8. The molecule has 0 aromatic carbocycles. The Kier molecular flexibility index (Phi) is 8.07. The summed E-state index contributed by atoms with van der Waals surface area (Å²) < 4.78 is 11.1. The van der Waals surface area contributed by atoms with Crippen LogP contribution in [-0.4, -0.2) is 48.9 Å². The van der Waals surface area contributed by atoms with E-state index in [4.69, 9.17) is 9.26 Å². The molecule has 2 N–H and O–H groups in total. The summed E-state index contributed by atoms with van der Waals surface area (Å²) in [5.41, 5.74) is 2.12. The number of ether oxygens (including phenoxy) is 1. The highest BCUT2D eigenvalue weighted by Gasteiger charge is 2.17. The minimum absolute atomic E-state index is 0.242. The molecule has 1 atom stereocenters. The van der Waals surface area contributed by atoms with Gasteiger partial charge in [-0.1, -0.05) is 25.1 Å².